The minimum absolute atomic E-state index is 0.00918. The topological polar surface area (TPSA) is 81.1 Å². The van der Waals surface area contributed by atoms with E-state index in [0.717, 1.165) is 11.4 Å². The molecule has 1 aromatic heterocycles. The first-order valence-corrected chi connectivity index (χ1v) is 9.84. The molecule has 1 fully saturated rings. The first-order chi connectivity index (χ1) is 11.4. The number of para-hydroxylation sites is 1. The Balaban J connectivity index is 1.90. The molecule has 2 aromatic rings. The van der Waals surface area contributed by atoms with Crippen molar-refractivity contribution in [1.29, 1.82) is 0 Å². The Kier molecular flexibility index (Phi) is 4.45. The lowest BCUT2D eigenvalue weighted by Gasteiger charge is -2.12. The van der Waals surface area contributed by atoms with Crippen LogP contribution in [0.2, 0.25) is 0 Å². The second kappa shape index (κ2) is 6.39. The van der Waals surface area contributed by atoms with Crippen LogP contribution in [0.1, 0.15) is 42.4 Å². The largest absolute Gasteiger partial charge is 0.347 e. The van der Waals surface area contributed by atoms with E-state index in [-0.39, 0.29) is 29.4 Å². The Hall–Kier alpha value is -2.15. The molecule has 1 aromatic carbocycles. The van der Waals surface area contributed by atoms with Crippen molar-refractivity contribution in [2.75, 3.05) is 11.5 Å². The summed E-state index contributed by atoms with van der Waals surface area (Å²) in [5.74, 6) is 0.0382. The molecule has 128 valence electrons. The molecule has 0 spiro atoms. The highest BCUT2D eigenvalue weighted by Crippen LogP contribution is 2.19. The van der Waals surface area contributed by atoms with Gasteiger partial charge in [-0.05, 0) is 30.5 Å². The van der Waals surface area contributed by atoms with E-state index in [4.69, 9.17) is 0 Å². The molecular weight excluding hydrogens is 326 g/mol. The van der Waals surface area contributed by atoms with Gasteiger partial charge in [-0.2, -0.15) is 5.10 Å². The zero-order valence-electron chi connectivity index (χ0n) is 13.8. The Bertz CT molecular complexity index is 841. The van der Waals surface area contributed by atoms with E-state index in [1.165, 1.54) is 0 Å². The summed E-state index contributed by atoms with van der Waals surface area (Å²) in [5, 5.41) is 7.38. The van der Waals surface area contributed by atoms with Gasteiger partial charge < -0.3 is 5.32 Å². The van der Waals surface area contributed by atoms with Crippen LogP contribution in [0.5, 0.6) is 0 Å². The van der Waals surface area contributed by atoms with Crippen LogP contribution in [0.3, 0.4) is 0 Å². The Morgan fingerprint density at radius 3 is 2.58 bits per heavy atom. The van der Waals surface area contributed by atoms with E-state index in [1.807, 2.05) is 44.2 Å². The number of sulfone groups is 1. The Morgan fingerprint density at radius 2 is 2.00 bits per heavy atom. The van der Waals surface area contributed by atoms with Gasteiger partial charge in [-0.15, -0.1) is 0 Å². The van der Waals surface area contributed by atoms with Gasteiger partial charge >= 0.3 is 0 Å². The summed E-state index contributed by atoms with van der Waals surface area (Å²) in [6, 6.07) is 10.9. The summed E-state index contributed by atoms with van der Waals surface area (Å²) in [6.45, 7) is 4.03. The summed E-state index contributed by atoms with van der Waals surface area (Å²) < 4.78 is 24.8. The molecular formula is C17H21N3O3S. The van der Waals surface area contributed by atoms with Crippen molar-refractivity contribution in [2.24, 2.45) is 0 Å². The minimum Gasteiger partial charge on any atom is -0.347 e. The lowest BCUT2D eigenvalue weighted by atomic mass is 10.1. The average molecular weight is 347 g/mol. The summed E-state index contributed by atoms with van der Waals surface area (Å²) in [5.41, 5.74) is 2.05. The van der Waals surface area contributed by atoms with Crippen LogP contribution in [0.4, 0.5) is 0 Å². The number of hydrogen-bond donors (Lipinski definition) is 1. The second-order valence-corrected chi connectivity index (χ2v) is 8.66. The fourth-order valence-corrected chi connectivity index (χ4v) is 4.45. The molecule has 1 aliphatic heterocycles. The van der Waals surface area contributed by atoms with E-state index in [1.54, 1.807) is 10.7 Å². The normalized spacial score (nSPS) is 19.5. The number of hydrogen-bond acceptors (Lipinski definition) is 4. The number of aromatic nitrogens is 2. The van der Waals surface area contributed by atoms with Crippen LogP contribution < -0.4 is 5.32 Å². The maximum Gasteiger partial charge on any atom is 0.270 e. The molecule has 0 radical (unpaired) electrons. The predicted octanol–water partition coefficient (Wildman–Crippen LogP) is 1.91. The van der Waals surface area contributed by atoms with Crippen LogP contribution in [-0.2, 0) is 9.84 Å². The van der Waals surface area contributed by atoms with Crippen molar-refractivity contribution in [3.05, 3.63) is 47.8 Å². The summed E-state index contributed by atoms with van der Waals surface area (Å²) in [6.07, 6.45) is 0.463. The SMILES string of the molecule is CC(C)c1cc(C(=O)NC2CCS(=O)(=O)C2)n(-c2ccccc2)n1. The summed E-state index contributed by atoms with van der Waals surface area (Å²) in [7, 11) is -3.03. The zero-order valence-corrected chi connectivity index (χ0v) is 14.6. The van der Waals surface area contributed by atoms with Crippen LogP contribution in [-0.4, -0.2) is 41.7 Å². The maximum atomic E-state index is 12.7. The van der Waals surface area contributed by atoms with Gasteiger partial charge in [-0.25, -0.2) is 13.1 Å². The first kappa shape index (κ1) is 16.7. The van der Waals surface area contributed by atoms with E-state index in [2.05, 4.69) is 10.4 Å². The van der Waals surface area contributed by atoms with Gasteiger partial charge in [-0.3, -0.25) is 4.79 Å². The molecule has 1 saturated heterocycles. The van der Waals surface area contributed by atoms with Crippen LogP contribution in [0.15, 0.2) is 36.4 Å². The van der Waals surface area contributed by atoms with Crippen molar-refractivity contribution in [1.82, 2.24) is 15.1 Å². The molecule has 1 N–H and O–H groups in total. The van der Waals surface area contributed by atoms with Crippen LogP contribution in [0, 0.1) is 0 Å². The van der Waals surface area contributed by atoms with Gasteiger partial charge in [0.05, 0.1) is 22.9 Å². The average Bonchev–Trinajstić information content (AvgIpc) is 3.12. The van der Waals surface area contributed by atoms with Gasteiger partial charge in [0, 0.05) is 6.04 Å². The quantitative estimate of drug-likeness (QED) is 0.916. The molecule has 1 aliphatic rings. The number of benzene rings is 1. The summed E-state index contributed by atoms with van der Waals surface area (Å²) in [4.78, 5) is 12.7. The van der Waals surface area contributed by atoms with Crippen molar-refractivity contribution < 1.29 is 13.2 Å². The smallest absolute Gasteiger partial charge is 0.270 e. The number of nitrogens with zero attached hydrogens (tertiary/aromatic N) is 2. The van der Waals surface area contributed by atoms with Crippen molar-refractivity contribution in [2.45, 2.75) is 32.2 Å². The number of amides is 1. The second-order valence-electron chi connectivity index (χ2n) is 6.43. The maximum absolute atomic E-state index is 12.7. The van der Waals surface area contributed by atoms with Gasteiger partial charge in [0.2, 0.25) is 0 Å². The standard InChI is InChI=1S/C17H21N3O3S/c1-12(2)15-10-16(20(19-15)14-6-4-3-5-7-14)17(21)18-13-8-9-24(22,23)11-13/h3-7,10,12-13H,8-9,11H2,1-2H3,(H,18,21). The monoisotopic (exact) mass is 347 g/mol. The zero-order chi connectivity index (χ0) is 17.3. The molecule has 3 rings (SSSR count). The van der Waals surface area contributed by atoms with E-state index < -0.39 is 9.84 Å². The molecule has 1 atom stereocenters. The fourth-order valence-electron chi connectivity index (χ4n) is 2.78. The third kappa shape index (κ3) is 3.51. The van der Waals surface area contributed by atoms with Crippen molar-refractivity contribution >= 4 is 15.7 Å². The van der Waals surface area contributed by atoms with Gasteiger partial charge in [0.25, 0.3) is 5.91 Å². The number of rotatable bonds is 4. The molecule has 7 heteroatoms. The molecule has 1 unspecified atom stereocenters. The molecule has 0 aliphatic carbocycles. The molecule has 2 heterocycles. The third-order valence-corrected chi connectivity index (χ3v) is 5.89. The van der Waals surface area contributed by atoms with Crippen LogP contribution >= 0.6 is 0 Å². The molecule has 1 amide bonds. The number of carbonyl (C=O) groups is 1. The highest BCUT2D eigenvalue weighted by molar-refractivity contribution is 7.91. The van der Waals surface area contributed by atoms with Crippen molar-refractivity contribution in [3.8, 4) is 5.69 Å². The van der Waals surface area contributed by atoms with Gasteiger partial charge in [-0.1, -0.05) is 32.0 Å². The Morgan fingerprint density at radius 1 is 1.29 bits per heavy atom. The van der Waals surface area contributed by atoms with Gasteiger partial charge in [0.1, 0.15) is 5.69 Å². The lowest BCUT2D eigenvalue weighted by Crippen LogP contribution is -2.36. The highest BCUT2D eigenvalue weighted by Gasteiger charge is 2.30. The summed E-state index contributed by atoms with van der Waals surface area (Å²) >= 11 is 0. The lowest BCUT2D eigenvalue weighted by molar-refractivity contribution is 0.0933. The third-order valence-electron chi connectivity index (χ3n) is 4.12. The number of nitrogens with one attached hydrogen (secondary N) is 1. The predicted molar refractivity (Wildman–Crippen MR) is 92.2 cm³/mol. The Labute approximate surface area is 141 Å². The number of carbonyl (C=O) groups excluding carboxylic acids is 1. The van der Waals surface area contributed by atoms with E-state index in [0.29, 0.717) is 12.1 Å². The van der Waals surface area contributed by atoms with E-state index >= 15 is 0 Å². The molecule has 0 bridgehead atoms. The highest BCUT2D eigenvalue weighted by atomic mass is 32.2. The van der Waals surface area contributed by atoms with Gasteiger partial charge in [0.15, 0.2) is 9.84 Å². The first-order valence-electron chi connectivity index (χ1n) is 8.02. The minimum atomic E-state index is -3.03. The fraction of sp³-hybridized carbons (Fsp3) is 0.412. The molecule has 24 heavy (non-hydrogen) atoms. The van der Waals surface area contributed by atoms with Crippen LogP contribution in [0.25, 0.3) is 5.69 Å². The van der Waals surface area contributed by atoms with Crippen molar-refractivity contribution in [3.63, 3.8) is 0 Å². The van der Waals surface area contributed by atoms with E-state index in [9.17, 15) is 13.2 Å². The molecule has 0 saturated carbocycles. The molecule has 6 nitrogen and oxygen atoms in total.